The minimum Gasteiger partial charge on any atom is -0.444 e. The molecule has 0 bridgehead atoms. The van der Waals surface area contributed by atoms with Crippen molar-refractivity contribution in [2.24, 2.45) is 5.92 Å². The molecule has 4 aromatic carbocycles. The molecule has 0 unspecified atom stereocenters. The number of imidazole rings is 2. The zero-order valence-corrected chi connectivity index (χ0v) is 53.1. The third-order valence-corrected chi connectivity index (χ3v) is 18.8. The van der Waals surface area contributed by atoms with Crippen LogP contribution in [0.5, 0.6) is 0 Å². The van der Waals surface area contributed by atoms with Crippen LogP contribution in [0.4, 0.5) is 4.79 Å². The Morgan fingerprint density at radius 2 is 1.10 bits per heavy atom. The molecule has 6 aromatic rings. The molecule has 2 aromatic heterocycles. The van der Waals surface area contributed by atoms with Crippen molar-refractivity contribution in [3.8, 4) is 22.3 Å². The highest BCUT2D eigenvalue weighted by Gasteiger charge is 2.47. The Balaban J connectivity index is 0.703. The number of aromatic amines is 2. The number of hydrogen-bond donors (Lipinski definition) is 4. The van der Waals surface area contributed by atoms with Crippen molar-refractivity contribution in [1.82, 2.24) is 55.1 Å². The maximum Gasteiger partial charge on any atom is 0.410 e. The molecular formula is C70H91N11O8. The zero-order chi connectivity index (χ0) is 62.9. The predicted octanol–water partition coefficient (Wildman–Crippen LogP) is 11.2. The zero-order valence-electron chi connectivity index (χ0n) is 53.1. The topological polar surface area (TPSA) is 226 Å². The number of carbonyl (C=O) groups excluding carboxylic acids is 7. The molecule has 89 heavy (non-hydrogen) atoms. The van der Waals surface area contributed by atoms with E-state index in [2.05, 4.69) is 57.0 Å². The highest BCUT2D eigenvalue weighted by atomic mass is 16.6. The Labute approximate surface area is 523 Å². The van der Waals surface area contributed by atoms with Crippen LogP contribution in [0.25, 0.3) is 44.3 Å². The number of rotatable bonds is 21. The standard InChI is InChI=1S/C70H91N11O8/c1-8-45(2)65(84)73-55-43-78(41-39-49-35-37-57(80(49)67(55)86)63-71-53-31-23-29-51(61(53)75-63)47-25-17-15-18-26-47)59(82)33-21-13-11-9-10-12-14-22-34-60(83)79-42-40-50-36-38-58(64-72-54-32-24-30-52(62(54)76-64)48-27-19-16-20-28-48)81(50)68(87)56(44-79)74-66(85)46(3)77(7)69(88)89-70(4,5)6/h15-20,23-32,45-46,49-50,55-58H,8-14,21-22,33-44H2,1-7H3,(H,71,75)(H,72,76)(H,73,84)(H,74,85)/t45-,46+,49-,50-,55+,56+,57+,58+/m1/s1. The maximum absolute atomic E-state index is 15.0. The minimum absolute atomic E-state index is 0.00247. The van der Waals surface area contributed by atoms with Gasteiger partial charge in [-0.15, -0.1) is 0 Å². The van der Waals surface area contributed by atoms with Crippen LogP contribution in [-0.4, -0.2) is 155 Å². The van der Waals surface area contributed by atoms with Gasteiger partial charge in [0, 0.05) is 75.2 Å². The van der Waals surface area contributed by atoms with Crippen molar-refractivity contribution in [2.45, 2.75) is 199 Å². The van der Waals surface area contributed by atoms with Gasteiger partial charge in [-0.25, -0.2) is 14.8 Å². The summed E-state index contributed by atoms with van der Waals surface area (Å²) in [5.74, 6) is -0.116. The third kappa shape index (κ3) is 15.0. The lowest BCUT2D eigenvalue weighted by Gasteiger charge is -2.39. The molecule has 4 aliphatic heterocycles. The molecule has 4 fully saturated rings. The van der Waals surface area contributed by atoms with Crippen molar-refractivity contribution >= 4 is 63.6 Å². The van der Waals surface area contributed by atoms with E-state index in [1.807, 2.05) is 84.3 Å². The summed E-state index contributed by atoms with van der Waals surface area (Å²) in [6, 6.07) is 28.5. The molecule has 0 radical (unpaired) electrons. The van der Waals surface area contributed by atoms with Crippen molar-refractivity contribution in [3.63, 3.8) is 0 Å². The number of para-hydroxylation sites is 2. The summed E-state index contributed by atoms with van der Waals surface area (Å²) in [5.41, 5.74) is 6.80. The van der Waals surface area contributed by atoms with Gasteiger partial charge in [-0.05, 0) is 109 Å². The van der Waals surface area contributed by atoms with Crippen LogP contribution in [0, 0.1) is 5.92 Å². The van der Waals surface area contributed by atoms with Crippen LogP contribution in [0.3, 0.4) is 0 Å². The number of benzene rings is 4. The van der Waals surface area contributed by atoms with E-state index in [0.29, 0.717) is 70.3 Å². The third-order valence-electron chi connectivity index (χ3n) is 18.8. The monoisotopic (exact) mass is 1210 g/mol. The number of carbonyl (C=O) groups is 7. The summed E-state index contributed by atoms with van der Waals surface area (Å²) < 4.78 is 5.56. The fourth-order valence-electron chi connectivity index (χ4n) is 13.5. The number of amides is 7. The van der Waals surface area contributed by atoms with Crippen LogP contribution in [-0.2, 0) is 33.5 Å². The van der Waals surface area contributed by atoms with E-state index in [9.17, 15) is 28.8 Å². The highest BCUT2D eigenvalue weighted by Crippen LogP contribution is 2.42. The second kappa shape index (κ2) is 28.6. The van der Waals surface area contributed by atoms with E-state index in [-0.39, 0.29) is 72.7 Å². The Bertz CT molecular complexity index is 3470. The summed E-state index contributed by atoms with van der Waals surface area (Å²) >= 11 is 0. The van der Waals surface area contributed by atoms with E-state index in [1.54, 1.807) is 37.5 Å². The fraction of sp³-hybridized carbons (Fsp3) is 0.529. The van der Waals surface area contributed by atoms with E-state index in [1.165, 1.54) is 11.9 Å². The quantitative estimate of drug-likeness (QED) is 0.0499. The molecule has 8 atom stereocenters. The number of aromatic nitrogens is 4. The van der Waals surface area contributed by atoms with Gasteiger partial charge >= 0.3 is 6.09 Å². The minimum atomic E-state index is -1.07. The Morgan fingerprint density at radius 1 is 0.607 bits per heavy atom. The van der Waals surface area contributed by atoms with Gasteiger partial charge in [-0.2, -0.15) is 0 Å². The predicted molar refractivity (Wildman–Crippen MR) is 344 cm³/mol. The number of unbranched alkanes of at least 4 members (excludes halogenated alkanes) is 7. The van der Waals surface area contributed by atoms with Crippen LogP contribution in [0.1, 0.15) is 174 Å². The Hall–Kier alpha value is -8.09. The first kappa shape index (κ1) is 63.9. The van der Waals surface area contributed by atoms with E-state index < -0.39 is 35.7 Å². The van der Waals surface area contributed by atoms with Crippen molar-refractivity contribution in [3.05, 3.63) is 109 Å². The summed E-state index contributed by atoms with van der Waals surface area (Å²) in [5, 5.41) is 6.05. The molecule has 4 saturated heterocycles. The SMILES string of the molecule is CC[C@@H](C)C(=O)N[C@H]1CN(C(=O)CCCCCCCCCCC(=O)N2CC[C@H]3CC[C@@H](c4nc5cccc(-c6ccccc6)c5[nH]4)N3C(=O)[C@@H](NC(=O)[C@H](C)N(C)C(=O)OC(C)(C)C)C2)CC[C@H]2CC[C@@H](c3nc4c(-c5ccccc5)cccc4[nH]3)N2C1=O. The number of likely N-dealkylation sites (N-methyl/N-ethyl adjacent to an activating group) is 1. The van der Waals surface area contributed by atoms with Gasteiger partial charge in [0.2, 0.25) is 35.4 Å². The lowest BCUT2D eigenvalue weighted by molar-refractivity contribution is -0.145. The molecule has 10 rings (SSSR count). The number of hydrogen-bond acceptors (Lipinski definition) is 10. The average Bonchev–Trinajstić information content (AvgIpc) is 1.93. The van der Waals surface area contributed by atoms with Gasteiger partial charge in [-0.3, -0.25) is 33.7 Å². The first-order valence-electron chi connectivity index (χ1n) is 32.7. The Morgan fingerprint density at radius 3 is 1.64 bits per heavy atom. The van der Waals surface area contributed by atoms with Crippen molar-refractivity contribution in [1.29, 1.82) is 0 Å². The van der Waals surface area contributed by atoms with Crippen LogP contribution in [0.2, 0.25) is 0 Å². The summed E-state index contributed by atoms with van der Waals surface area (Å²) in [7, 11) is 1.50. The van der Waals surface area contributed by atoms with Crippen LogP contribution < -0.4 is 10.6 Å². The first-order valence-corrected chi connectivity index (χ1v) is 32.7. The second-order valence-electron chi connectivity index (χ2n) is 26.1. The van der Waals surface area contributed by atoms with Gasteiger partial charge in [0.25, 0.3) is 0 Å². The molecular weight excluding hydrogens is 1120 g/mol. The van der Waals surface area contributed by atoms with E-state index in [4.69, 9.17) is 14.7 Å². The highest BCUT2D eigenvalue weighted by molar-refractivity contribution is 5.95. The van der Waals surface area contributed by atoms with Gasteiger partial charge in [0.15, 0.2) is 0 Å². The number of H-pyrrole nitrogens is 2. The number of ether oxygens (including phenoxy) is 1. The molecule has 19 heteroatoms. The van der Waals surface area contributed by atoms with Crippen molar-refractivity contribution < 1.29 is 38.3 Å². The molecule has 4 aliphatic rings. The largest absolute Gasteiger partial charge is 0.444 e. The first-order chi connectivity index (χ1) is 42.9. The second-order valence-corrected chi connectivity index (χ2v) is 26.1. The van der Waals surface area contributed by atoms with Gasteiger partial charge in [0.1, 0.15) is 35.4 Å². The van der Waals surface area contributed by atoms with E-state index in [0.717, 1.165) is 108 Å². The lowest BCUT2D eigenvalue weighted by Crippen LogP contribution is -2.60. The van der Waals surface area contributed by atoms with Gasteiger partial charge in [0.05, 0.1) is 34.2 Å². The fourth-order valence-corrected chi connectivity index (χ4v) is 13.5. The summed E-state index contributed by atoms with van der Waals surface area (Å²) in [6.45, 7) is 11.7. The van der Waals surface area contributed by atoms with Crippen molar-refractivity contribution in [2.75, 3.05) is 33.2 Å². The number of nitrogens with zero attached hydrogens (tertiary/aromatic N) is 7. The summed E-state index contributed by atoms with van der Waals surface area (Å²) in [6.07, 6.45) is 11.8. The normalized spacial score (nSPS) is 21.3. The van der Waals surface area contributed by atoms with Crippen LogP contribution >= 0.6 is 0 Å². The lowest BCUT2D eigenvalue weighted by atomic mass is 10.0. The van der Waals surface area contributed by atoms with Gasteiger partial charge in [-0.1, -0.05) is 137 Å². The molecule has 6 heterocycles. The van der Waals surface area contributed by atoms with E-state index >= 15 is 4.79 Å². The Kier molecular flexibility index (Phi) is 20.5. The molecule has 0 aliphatic carbocycles. The molecule has 7 amide bonds. The number of nitrogens with one attached hydrogen (secondary N) is 4. The van der Waals surface area contributed by atoms with Crippen LogP contribution in [0.15, 0.2) is 97.1 Å². The molecule has 4 N–H and O–H groups in total. The summed E-state index contributed by atoms with van der Waals surface area (Å²) in [4.78, 5) is 124. The average molecular weight is 1210 g/mol. The number of fused-ring (bicyclic) bond motifs is 4. The molecule has 0 spiro atoms. The smallest absolute Gasteiger partial charge is 0.410 e. The maximum atomic E-state index is 15.0. The molecule has 19 nitrogen and oxygen atoms in total. The molecule has 0 saturated carbocycles. The van der Waals surface area contributed by atoms with Gasteiger partial charge < -0.3 is 44.9 Å². The molecule has 474 valence electrons.